The Bertz CT molecular complexity index is 865. The van der Waals surface area contributed by atoms with Gasteiger partial charge in [0.1, 0.15) is 0 Å². The van der Waals surface area contributed by atoms with E-state index < -0.39 is 5.91 Å². The van der Waals surface area contributed by atoms with Gasteiger partial charge in [0.2, 0.25) is 0 Å². The Morgan fingerprint density at radius 2 is 1.88 bits per heavy atom. The van der Waals surface area contributed by atoms with Crippen LogP contribution in [-0.2, 0) is 11.3 Å². The Labute approximate surface area is 150 Å². The van der Waals surface area contributed by atoms with Crippen LogP contribution < -0.4 is 0 Å². The standard InChI is InChI=1S/C17H12BrNO4S/c18-12-5-1-3-10(7-12)9-19-16(22)14(24-17(19)23)8-11-4-2-6-13(20)15(11)21/h1-8,20-21H,9H2/b14-8-. The summed E-state index contributed by atoms with van der Waals surface area (Å²) in [6.45, 7) is 0.174. The first-order valence-corrected chi connectivity index (χ1v) is 8.57. The molecule has 0 aromatic heterocycles. The lowest BCUT2D eigenvalue weighted by molar-refractivity contribution is -0.123. The molecule has 24 heavy (non-hydrogen) atoms. The molecular weight excluding hydrogens is 394 g/mol. The van der Waals surface area contributed by atoms with Crippen molar-refractivity contribution in [1.82, 2.24) is 4.90 Å². The molecule has 0 saturated carbocycles. The van der Waals surface area contributed by atoms with Gasteiger partial charge in [-0.3, -0.25) is 14.5 Å². The highest BCUT2D eigenvalue weighted by molar-refractivity contribution is 9.10. The zero-order chi connectivity index (χ0) is 17.3. The number of amides is 2. The summed E-state index contributed by atoms with van der Waals surface area (Å²) in [7, 11) is 0. The van der Waals surface area contributed by atoms with Gasteiger partial charge in [0, 0.05) is 10.0 Å². The molecule has 2 aromatic carbocycles. The first kappa shape index (κ1) is 16.6. The summed E-state index contributed by atoms with van der Waals surface area (Å²) in [5, 5.41) is 19.0. The van der Waals surface area contributed by atoms with Gasteiger partial charge >= 0.3 is 0 Å². The highest BCUT2D eigenvalue weighted by Crippen LogP contribution is 2.36. The first-order chi connectivity index (χ1) is 11.5. The highest BCUT2D eigenvalue weighted by atomic mass is 79.9. The molecule has 0 unspecified atom stereocenters. The lowest BCUT2D eigenvalue weighted by Gasteiger charge is -2.12. The second kappa shape index (κ2) is 6.70. The number of para-hydroxylation sites is 1. The third-order valence-electron chi connectivity index (χ3n) is 3.44. The van der Waals surface area contributed by atoms with Crippen LogP contribution in [0.5, 0.6) is 11.5 Å². The van der Waals surface area contributed by atoms with Crippen LogP contribution in [0.15, 0.2) is 51.8 Å². The van der Waals surface area contributed by atoms with Crippen molar-refractivity contribution in [2.45, 2.75) is 6.54 Å². The summed E-state index contributed by atoms with van der Waals surface area (Å²) in [6.07, 6.45) is 1.40. The van der Waals surface area contributed by atoms with E-state index in [-0.39, 0.29) is 33.8 Å². The Morgan fingerprint density at radius 1 is 1.12 bits per heavy atom. The van der Waals surface area contributed by atoms with Gasteiger partial charge in [-0.2, -0.15) is 0 Å². The van der Waals surface area contributed by atoms with Gasteiger partial charge in [-0.25, -0.2) is 0 Å². The number of hydrogen-bond acceptors (Lipinski definition) is 5. The van der Waals surface area contributed by atoms with Crippen molar-refractivity contribution in [1.29, 1.82) is 0 Å². The van der Waals surface area contributed by atoms with Crippen molar-refractivity contribution in [2.75, 3.05) is 0 Å². The monoisotopic (exact) mass is 405 g/mol. The van der Waals surface area contributed by atoms with Crippen LogP contribution in [0.25, 0.3) is 6.08 Å². The zero-order valence-electron chi connectivity index (χ0n) is 12.3. The minimum atomic E-state index is -0.423. The molecule has 2 aromatic rings. The Balaban J connectivity index is 1.86. The molecule has 0 aliphatic carbocycles. The van der Waals surface area contributed by atoms with E-state index in [4.69, 9.17) is 0 Å². The second-order valence-electron chi connectivity index (χ2n) is 5.11. The maximum absolute atomic E-state index is 12.5. The van der Waals surface area contributed by atoms with E-state index >= 15 is 0 Å². The number of carbonyl (C=O) groups excluding carboxylic acids is 2. The molecular formula is C17H12BrNO4S. The molecule has 5 nitrogen and oxygen atoms in total. The summed E-state index contributed by atoms with van der Waals surface area (Å²) in [6, 6.07) is 11.8. The maximum Gasteiger partial charge on any atom is 0.293 e. The van der Waals surface area contributed by atoms with Crippen LogP contribution >= 0.6 is 27.7 Å². The minimum absolute atomic E-state index is 0.174. The largest absolute Gasteiger partial charge is 0.504 e. The molecule has 7 heteroatoms. The van der Waals surface area contributed by atoms with E-state index in [9.17, 15) is 19.8 Å². The summed E-state index contributed by atoms with van der Waals surface area (Å²) >= 11 is 4.16. The average Bonchev–Trinajstić information content (AvgIpc) is 2.79. The molecule has 2 amide bonds. The van der Waals surface area contributed by atoms with E-state index in [2.05, 4.69) is 15.9 Å². The number of halogens is 1. The van der Waals surface area contributed by atoms with E-state index in [1.807, 2.05) is 24.3 Å². The van der Waals surface area contributed by atoms with Crippen LogP contribution in [0.4, 0.5) is 4.79 Å². The number of phenolic OH excluding ortho intramolecular Hbond substituents is 2. The Hall–Kier alpha value is -2.25. The summed E-state index contributed by atoms with van der Waals surface area (Å²) in [4.78, 5) is 26.0. The van der Waals surface area contributed by atoms with Crippen molar-refractivity contribution in [3.63, 3.8) is 0 Å². The van der Waals surface area contributed by atoms with Crippen molar-refractivity contribution in [3.05, 3.63) is 63.0 Å². The Morgan fingerprint density at radius 3 is 2.62 bits per heavy atom. The second-order valence-corrected chi connectivity index (χ2v) is 7.02. The third kappa shape index (κ3) is 3.32. The third-order valence-corrected chi connectivity index (χ3v) is 4.84. The van der Waals surface area contributed by atoms with Gasteiger partial charge in [-0.05, 0) is 41.6 Å². The molecule has 1 aliphatic rings. The number of rotatable bonds is 3. The maximum atomic E-state index is 12.5. The molecule has 1 heterocycles. The number of benzene rings is 2. The zero-order valence-corrected chi connectivity index (χ0v) is 14.7. The van der Waals surface area contributed by atoms with Crippen LogP contribution in [0, 0.1) is 0 Å². The molecule has 1 aliphatic heterocycles. The van der Waals surface area contributed by atoms with Crippen molar-refractivity contribution in [3.8, 4) is 11.5 Å². The Kier molecular flexibility index (Phi) is 4.64. The molecule has 0 spiro atoms. The molecule has 122 valence electrons. The molecule has 1 fully saturated rings. The van der Waals surface area contributed by atoms with Crippen molar-refractivity contribution < 1.29 is 19.8 Å². The number of imide groups is 1. The van der Waals surface area contributed by atoms with Crippen molar-refractivity contribution >= 4 is 44.9 Å². The van der Waals surface area contributed by atoms with E-state index in [0.29, 0.717) is 0 Å². The smallest absolute Gasteiger partial charge is 0.293 e. The number of carbonyl (C=O) groups is 2. The predicted molar refractivity (Wildman–Crippen MR) is 95.4 cm³/mol. The van der Waals surface area contributed by atoms with Gasteiger partial charge in [0.25, 0.3) is 11.1 Å². The molecule has 0 atom stereocenters. The SMILES string of the molecule is O=C1S/C(=C\c2cccc(O)c2O)C(=O)N1Cc1cccc(Br)c1. The van der Waals surface area contributed by atoms with Crippen LogP contribution in [0.2, 0.25) is 0 Å². The van der Waals surface area contributed by atoms with E-state index in [1.54, 1.807) is 12.1 Å². The van der Waals surface area contributed by atoms with Gasteiger partial charge in [0.15, 0.2) is 11.5 Å². The van der Waals surface area contributed by atoms with Gasteiger partial charge in [-0.15, -0.1) is 0 Å². The number of nitrogens with zero attached hydrogens (tertiary/aromatic N) is 1. The van der Waals surface area contributed by atoms with Crippen LogP contribution in [-0.4, -0.2) is 26.3 Å². The average molecular weight is 406 g/mol. The topological polar surface area (TPSA) is 77.8 Å². The highest BCUT2D eigenvalue weighted by Gasteiger charge is 2.35. The number of thioether (sulfide) groups is 1. The van der Waals surface area contributed by atoms with Gasteiger partial charge < -0.3 is 10.2 Å². The molecule has 0 bridgehead atoms. The van der Waals surface area contributed by atoms with E-state index in [0.717, 1.165) is 26.7 Å². The lowest BCUT2D eigenvalue weighted by atomic mass is 10.1. The van der Waals surface area contributed by atoms with Gasteiger partial charge in [0.05, 0.1) is 11.4 Å². The molecule has 2 N–H and O–H groups in total. The quantitative estimate of drug-likeness (QED) is 0.593. The van der Waals surface area contributed by atoms with Crippen molar-refractivity contribution in [2.24, 2.45) is 0 Å². The minimum Gasteiger partial charge on any atom is -0.504 e. The summed E-state index contributed by atoms with van der Waals surface area (Å²) in [5.41, 5.74) is 1.11. The van der Waals surface area contributed by atoms with Gasteiger partial charge in [-0.1, -0.05) is 40.2 Å². The van der Waals surface area contributed by atoms with Crippen LogP contribution in [0.1, 0.15) is 11.1 Å². The fourth-order valence-corrected chi connectivity index (χ4v) is 3.54. The van der Waals surface area contributed by atoms with E-state index in [1.165, 1.54) is 12.1 Å². The normalized spacial score (nSPS) is 16.2. The molecule has 3 rings (SSSR count). The number of phenols is 2. The first-order valence-electron chi connectivity index (χ1n) is 6.96. The molecule has 0 radical (unpaired) electrons. The molecule has 1 saturated heterocycles. The number of hydrogen-bond donors (Lipinski definition) is 2. The lowest BCUT2D eigenvalue weighted by Crippen LogP contribution is -2.27. The summed E-state index contributed by atoms with van der Waals surface area (Å²) in [5.74, 6) is -1.03. The summed E-state index contributed by atoms with van der Waals surface area (Å²) < 4.78 is 0.868. The van der Waals surface area contributed by atoms with Crippen LogP contribution in [0.3, 0.4) is 0 Å². The number of aromatic hydroxyl groups is 2. The fraction of sp³-hybridized carbons (Fsp3) is 0.0588. The predicted octanol–water partition coefficient (Wildman–Crippen LogP) is 4.10. The fourth-order valence-electron chi connectivity index (χ4n) is 2.26.